The topological polar surface area (TPSA) is 29.1 Å². The molecule has 0 saturated heterocycles. The molecule has 0 spiro atoms. The second kappa shape index (κ2) is 7.10. The lowest BCUT2D eigenvalue weighted by Crippen LogP contribution is -2.33. The molecule has 0 saturated carbocycles. The first kappa shape index (κ1) is 13.8. The van der Waals surface area contributed by atoms with Crippen LogP contribution in [0.5, 0.6) is 0 Å². The summed E-state index contributed by atoms with van der Waals surface area (Å²) in [7, 11) is 0. The average molecular weight is 220 g/mol. The van der Waals surface area contributed by atoms with Gasteiger partial charge >= 0.3 is 0 Å². The molecule has 2 nitrogen and oxygen atoms in total. The molecule has 0 radical (unpaired) electrons. The Bertz CT molecular complexity index is 169. The Kier molecular flexibility index (Phi) is 6.98. The summed E-state index contributed by atoms with van der Waals surface area (Å²) < 4.78 is 0. The van der Waals surface area contributed by atoms with E-state index in [4.69, 9.17) is 11.6 Å². The molecule has 0 aromatic heterocycles. The van der Waals surface area contributed by atoms with Gasteiger partial charge in [0, 0.05) is 17.8 Å². The van der Waals surface area contributed by atoms with Crippen LogP contribution in [-0.2, 0) is 4.79 Å². The fourth-order valence-electron chi connectivity index (χ4n) is 1.31. The van der Waals surface area contributed by atoms with Crippen LogP contribution in [0, 0.1) is 5.92 Å². The van der Waals surface area contributed by atoms with Gasteiger partial charge in [-0.3, -0.25) is 4.79 Å². The van der Waals surface area contributed by atoms with Crippen molar-refractivity contribution in [2.24, 2.45) is 5.92 Å². The van der Waals surface area contributed by atoms with Crippen LogP contribution in [0.1, 0.15) is 47.0 Å². The smallest absolute Gasteiger partial charge is 0.220 e. The number of carbonyl (C=O) groups is 1. The van der Waals surface area contributed by atoms with E-state index in [0.717, 1.165) is 12.8 Å². The predicted molar refractivity (Wildman–Crippen MR) is 61.6 cm³/mol. The molecule has 0 aliphatic carbocycles. The Hall–Kier alpha value is -0.240. The van der Waals surface area contributed by atoms with Crippen LogP contribution in [0.4, 0.5) is 0 Å². The molecule has 0 heterocycles. The van der Waals surface area contributed by atoms with E-state index in [1.54, 1.807) is 0 Å². The van der Waals surface area contributed by atoms with E-state index in [9.17, 15) is 4.79 Å². The summed E-state index contributed by atoms with van der Waals surface area (Å²) in [6, 6.07) is 0.183. The third-order valence-corrected chi connectivity index (χ3v) is 2.21. The molecule has 0 aliphatic rings. The fraction of sp³-hybridized carbons (Fsp3) is 0.909. The number of amides is 1. The highest BCUT2D eigenvalue weighted by Crippen LogP contribution is 2.06. The van der Waals surface area contributed by atoms with E-state index in [0.29, 0.717) is 12.3 Å². The first-order valence-corrected chi connectivity index (χ1v) is 5.79. The van der Waals surface area contributed by atoms with Gasteiger partial charge in [0.1, 0.15) is 0 Å². The number of hydrogen-bond donors (Lipinski definition) is 1. The Morgan fingerprint density at radius 2 is 1.86 bits per heavy atom. The zero-order valence-corrected chi connectivity index (χ0v) is 10.4. The molecular weight excluding hydrogens is 198 g/mol. The summed E-state index contributed by atoms with van der Waals surface area (Å²) in [5.41, 5.74) is 0. The maximum absolute atomic E-state index is 11.4. The third-order valence-electron chi connectivity index (χ3n) is 2.03. The minimum absolute atomic E-state index is 0.121. The number of nitrogens with one attached hydrogen (secondary N) is 1. The van der Waals surface area contributed by atoms with Gasteiger partial charge in [-0.05, 0) is 32.6 Å². The number of alkyl halides is 1. The van der Waals surface area contributed by atoms with Gasteiger partial charge in [-0.2, -0.15) is 0 Å². The normalized spacial score (nSPS) is 15.3. The zero-order chi connectivity index (χ0) is 11.1. The number of halogens is 1. The first-order valence-electron chi connectivity index (χ1n) is 5.35. The van der Waals surface area contributed by atoms with Crippen LogP contribution < -0.4 is 5.32 Å². The first-order chi connectivity index (χ1) is 6.41. The molecule has 0 rings (SSSR count). The van der Waals surface area contributed by atoms with E-state index in [1.165, 1.54) is 0 Å². The van der Waals surface area contributed by atoms with Gasteiger partial charge in [0.05, 0.1) is 0 Å². The molecule has 2 unspecified atom stereocenters. The van der Waals surface area contributed by atoms with Crippen molar-refractivity contribution < 1.29 is 4.79 Å². The molecule has 3 heteroatoms. The monoisotopic (exact) mass is 219 g/mol. The van der Waals surface area contributed by atoms with E-state index >= 15 is 0 Å². The second-order valence-electron chi connectivity index (χ2n) is 4.42. The Balaban J connectivity index is 3.60. The predicted octanol–water partition coefficient (Wildman–Crippen LogP) is 2.94. The SMILES string of the molecule is CC(C)CCC(=O)NC(C)CC(C)Cl. The van der Waals surface area contributed by atoms with Crippen molar-refractivity contribution in [2.45, 2.75) is 58.4 Å². The van der Waals surface area contributed by atoms with Crippen molar-refractivity contribution in [1.29, 1.82) is 0 Å². The van der Waals surface area contributed by atoms with Crippen LogP contribution >= 0.6 is 11.6 Å². The summed E-state index contributed by atoms with van der Waals surface area (Å²) in [4.78, 5) is 11.4. The molecule has 0 aliphatic heterocycles. The third kappa shape index (κ3) is 8.36. The summed E-state index contributed by atoms with van der Waals surface area (Å²) in [6.07, 6.45) is 2.41. The molecule has 1 amide bonds. The van der Waals surface area contributed by atoms with Gasteiger partial charge in [0.15, 0.2) is 0 Å². The summed E-state index contributed by atoms with van der Waals surface area (Å²) in [5, 5.41) is 3.06. The Morgan fingerprint density at radius 1 is 1.29 bits per heavy atom. The van der Waals surface area contributed by atoms with Gasteiger partial charge in [-0.15, -0.1) is 11.6 Å². The lowest BCUT2D eigenvalue weighted by Gasteiger charge is -2.15. The van der Waals surface area contributed by atoms with Crippen molar-refractivity contribution in [2.75, 3.05) is 0 Å². The summed E-state index contributed by atoms with van der Waals surface area (Å²) in [5.74, 6) is 0.728. The number of hydrogen-bond acceptors (Lipinski definition) is 1. The number of carbonyl (C=O) groups excluding carboxylic acids is 1. The molecule has 2 atom stereocenters. The summed E-state index contributed by atoms with van der Waals surface area (Å²) >= 11 is 5.83. The van der Waals surface area contributed by atoms with Gasteiger partial charge in [0.25, 0.3) is 0 Å². The minimum Gasteiger partial charge on any atom is -0.354 e. The molecule has 84 valence electrons. The maximum atomic E-state index is 11.4. The molecule has 14 heavy (non-hydrogen) atoms. The van der Waals surface area contributed by atoms with Crippen LogP contribution in [0.25, 0.3) is 0 Å². The molecular formula is C11H22ClNO. The van der Waals surface area contributed by atoms with Gasteiger partial charge in [-0.1, -0.05) is 13.8 Å². The number of rotatable bonds is 6. The van der Waals surface area contributed by atoms with Gasteiger partial charge in [-0.25, -0.2) is 0 Å². The van der Waals surface area contributed by atoms with Crippen molar-refractivity contribution in [3.63, 3.8) is 0 Å². The van der Waals surface area contributed by atoms with Crippen molar-refractivity contribution in [1.82, 2.24) is 5.32 Å². The second-order valence-corrected chi connectivity index (χ2v) is 5.16. The van der Waals surface area contributed by atoms with E-state index in [2.05, 4.69) is 19.2 Å². The molecule has 0 fully saturated rings. The lowest BCUT2D eigenvalue weighted by molar-refractivity contribution is -0.122. The van der Waals surface area contributed by atoms with Crippen molar-refractivity contribution >= 4 is 17.5 Å². The standard InChI is InChI=1S/C11H22ClNO/c1-8(2)5-6-11(14)13-10(4)7-9(3)12/h8-10H,5-7H2,1-4H3,(H,13,14). The van der Waals surface area contributed by atoms with Gasteiger partial charge in [0.2, 0.25) is 5.91 Å². The largest absolute Gasteiger partial charge is 0.354 e. The molecule has 0 aromatic rings. The van der Waals surface area contributed by atoms with E-state index in [-0.39, 0.29) is 17.3 Å². The molecule has 0 aromatic carbocycles. The quantitative estimate of drug-likeness (QED) is 0.684. The minimum atomic E-state index is 0.121. The maximum Gasteiger partial charge on any atom is 0.220 e. The average Bonchev–Trinajstić information content (AvgIpc) is 1.98. The Labute approximate surface area is 92.4 Å². The fourth-order valence-corrected chi connectivity index (χ4v) is 1.58. The van der Waals surface area contributed by atoms with E-state index in [1.807, 2.05) is 13.8 Å². The van der Waals surface area contributed by atoms with Crippen molar-refractivity contribution in [3.05, 3.63) is 0 Å². The molecule has 0 bridgehead atoms. The summed E-state index contributed by atoms with van der Waals surface area (Å²) in [6.45, 7) is 8.18. The molecule has 1 N–H and O–H groups in total. The highest BCUT2D eigenvalue weighted by molar-refractivity contribution is 6.20. The highest BCUT2D eigenvalue weighted by atomic mass is 35.5. The Morgan fingerprint density at radius 3 is 2.29 bits per heavy atom. The van der Waals surface area contributed by atoms with Crippen LogP contribution in [0.2, 0.25) is 0 Å². The lowest BCUT2D eigenvalue weighted by atomic mass is 10.1. The van der Waals surface area contributed by atoms with Gasteiger partial charge < -0.3 is 5.32 Å². The van der Waals surface area contributed by atoms with Crippen LogP contribution in [-0.4, -0.2) is 17.3 Å². The van der Waals surface area contributed by atoms with E-state index < -0.39 is 0 Å². The van der Waals surface area contributed by atoms with Crippen molar-refractivity contribution in [3.8, 4) is 0 Å². The zero-order valence-electron chi connectivity index (χ0n) is 9.64. The van der Waals surface area contributed by atoms with Crippen LogP contribution in [0.3, 0.4) is 0 Å². The highest BCUT2D eigenvalue weighted by Gasteiger charge is 2.09. The van der Waals surface area contributed by atoms with Crippen LogP contribution in [0.15, 0.2) is 0 Å².